The van der Waals surface area contributed by atoms with Gasteiger partial charge in [-0.1, -0.05) is 6.92 Å². The summed E-state index contributed by atoms with van der Waals surface area (Å²) in [6.07, 6.45) is 0.00155. The van der Waals surface area contributed by atoms with E-state index in [1.54, 1.807) is 13.0 Å². The highest BCUT2D eigenvalue weighted by molar-refractivity contribution is 7.91. The van der Waals surface area contributed by atoms with E-state index in [2.05, 4.69) is 4.98 Å². The van der Waals surface area contributed by atoms with E-state index in [1.807, 2.05) is 0 Å². The van der Waals surface area contributed by atoms with Gasteiger partial charge in [-0.2, -0.15) is 0 Å². The van der Waals surface area contributed by atoms with Crippen molar-refractivity contribution in [1.82, 2.24) is 9.55 Å². The normalized spacial score (nSPS) is 23.9. The van der Waals surface area contributed by atoms with Crippen molar-refractivity contribution in [3.8, 4) is 11.4 Å². The lowest BCUT2D eigenvalue weighted by atomic mass is 9.86. The molecule has 0 saturated heterocycles. The first-order valence-corrected chi connectivity index (χ1v) is 12.5. The van der Waals surface area contributed by atoms with Crippen LogP contribution in [0.5, 0.6) is 0 Å². The lowest BCUT2D eigenvalue weighted by Crippen LogP contribution is -2.44. The molecule has 3 N–H and O–H groups in total. The molecule has 2 aromatic heterocycles. The Bertz CT molecular complexity index is 1660. The van der Waals surface area contributed by atoms with Crippen molar-refractivity contribution in [2.45, 2.75) is 50.0 Å². The number of sulfone groups is 1. The molecule has 0 fully saturated rings. The Morgan fingerprint density at radius 1 is 1.32 bits per heavy atom. The van der Waals surface area contributed by atoms with Crippen molar-refractivity contribution in [3.05, 3.63) is 56.1 Å². The lowest BCUT2D eigenvalue weighted by molar-refractivity contribution is -0.172. The summed E-state index contributed by atoms with van der Waals surface area (Å²) in [7, 11) is -3.84. The maximum Gasteiger partial charge on any atom is 0.343 e. The number of cyclic esters (lactones) is 1. The molecule has 6 rings (SSSR count). The molecule has 5 heterocycles. The second-order valence-corrected chi connectivity index (χ2v) is 11.0. The average molecular weight is 485 g/mol. The molecule has 3 aliphatic heterocycles. The molecule has 0 aliphatic carbocycles. The number of halogens is 1. The second-order valence-electron chi connectivity index (χ2n) is 9.05. The van der Waals surface area contributed by atoms with Gasteiger partial charge in [0.1, 0.15) is 12.4 Å². The first-order valence-electron chi connectivity index (χ1n) is 10.8. The molecule has 0 spiro atoms. The summed E-state index contributed by atoms with van der Waals surface area (Å²) in [5.74, 6) is -1.93. The van der Waals surface area contributed by atoms with Gasteiger partial charge in [0.2, 0.25) is 0 Å². The minimum atomic E-state index is -3.84. The second kappa shape index (κ2) is 6.49. The van der Waals surface area contributed by atoms with E-state index in [1.165, 1.54) is 17.6 Å². The zero-order chi connectivity index (χ0) is 24.3. The van der Waals surface area contributed by atoms with Crippen LogP contribution in [0.3, 0.4) is 0 Å². The molecule has 1 aromatic carbocycles. The first-order chi connectivity index (χ1) is 16.0. The van der Waals surface area contributed by atoms with Crippen LogP contribution < -0.4 is 11.3 Å². The summed E-state index contributed by atoms with van der Waals surface area (Å²) >= 11 is 0. The minimum absolute atomic E-state index is 0.00155. The molecule has 0 bridgehead atoms. The van der Waals surface area contributed by atoms with Gasteiger partial charge in [-0.15, -0.1) is 0 Å². The highest BCUT2D eigenvalue weighted by Gasteiger charge is 2.46. The molecule has 2 atom stereocenters. The van der Waals surface area contributed by atoms with Crippen LogP contribution in [0, 0.1) is 12.7 Å². The van der Waals surface area contributed by atoms with Gasteiger partial charge < -0.3 is 20.1 Å². The van der Waals surface area contributed by atoms with E-state index in [9.17, 15) is 27.5 Å². The summed E-state index contributed by atoms with van der Waals surface area (Å²) in [6, 6.07) is 1.83. The molecule has 3 aromatic rings. The SMILES string of the molecule is CC[C@@]1(O)C(=O)OCc2c1cc1n(c2=O)Cc2c-1nc1cc(F)c(C)c3c1c2[C@H](N)CS3(=O)=O. The molecule has 0 saturated carbocycles. The first kappa shape index (κ1) is 21.4. The Morgan fingerprint density at radius 2 is 2.06 bits per heavy atom. The van der Waals surface area contributed by atoms with E-state index in [-0.39, 0.29) is 52.1 Å². The van der Waals surface area contributed by atoms with E-state index in [4.69, 9.17) is 10.5 Å². The fourth-order valence-corrected chi connectivity index (χ4v) is 7.41. The Kier molecular flexibility index (Phi) is 4.09. The molecular weight excluding hydrogens is 465 g/mol. The molecule has 3 aliphatic rings. The van der Waals surface area contributed by atoms with Crippen LogP contribution in [0.2, 0.25) is 0 Å². The zero-order valence-corrected chi connectivity index (χ0v) is 19.1. The number of esters is 1. The number of ether oxygens (including phenoxy) is 1. The number of hydrogen-bond donors (Lipinski definition) is 2. The minimum Gasteiger partial charge on any atom is -0.458 e. The number of carbonyl (C=O) groups is 1. The van der Waals surface area contributed by atoms with Crippen LogP contribution in [0.4, 0.5) is 4.39 Å². The number of benzene rings is 1. The lowest BCUT2D eigenvalue weighted by Gasteiger charge is -2.31. The number of aromatic nitrogens is 2. The monoisotopic (exact) mass is 485 g/mol. The average Bonchev–Trinajstić information content (AvgIpc) is 3.13. The van der Waals surface area contributed by atoms with Gasteiger partial charge in [0, 0.05) is 34.2 Å². The Morgan fingerprint density at radius 3 is 2.76 bits per heavy atom. The van der Waals surface area contributed by atoms with Crippen LogP contribution >= 0.6 is 0 Å². The summed E-state index contributed by atoms with van der Waals surface area (Å²) in [4.78, 5) is 30.2. The third-order valence-electron chi connectivity index (χ3n) is 7.24. The molecule has 9 nitrogen and oxygen atoms in total. The maximum atomic E-state index is 14.7. The standard InChI is InChI=1S/C23H20FN3O6S/c1-3-23(30)12-4-16-19-10(6-27(16)21(28)11(12)7-33-22(23)29)17-14(25)8-34(31,32)20-9(2)13(24)5-15(26-19)18(17)20/h4-5,14,30H,3,6-8,25H2,1-2H3/t14-,23+/m1/s1. The fraction of sp³-hybridized carbons (Fsp3) is 0.348. The van der Waals surface area contributed by atoms with Crippen molar-refractivity contribution >= 4 is 26.7 Å². The highest BCUT2D eigenvalue weighted by atomic mass is 32.2. The predicted octanol–water partition coefficient (Wildman–Crippen LogP) is 1.31. The quantitative estimate of drug-likeness (QED) is 0.385. The fourth-order valence-electron chi connectivity index (χ4n) is 5.51. The van der Waals surface area contributed by atoms with Gasteiger partial charge >= 0.3 is 5.97 Å². The number of nitrogens with zero attached hydrogens (tertiary/aromatic N) is 2. The molecule has 176 valence electrons. The maximum absolute atomic E-state index is 14.7. The smallest absolute Gasteiger partial charge is 0.343 e. The van der Waals surface area contributed by atoms with Crippen molar-refractivity contribution in [2.75, 3.05) is 5.75 Å². The third-order valence-corrected chi connectivity index (χ3v) is 9.17. The van der Waals surface area contributed by atoms with Crippen LogP contribution in [0.15, 0.2) is 21.8 Å². The summed E-state index contributed by atoms with van der Waals surface area (Å²) in [5.41, 5.74) is 6.17. The zero-order valence-electron chi connectivity index (χ0n) is 18.3. The van der Waals surface area contributed by atoms with Gasteiger partial charge in [-0.05, 0) is 25.0 Å². The van der Waals surface area contributed by atoms with Gasteiger partial charge in [0.25, 0.3) is 5.56 Å². The number of aliphatic hydroxyl groups is 1. The third kappa shape index (κ3) is 2.44. The van der Waals surface area contributed by atoms with Gasteiger partial charge in [0.05, 0.1) is 39.7 Å². The van der Waals surface area contributed by atoms with Crippen molar-refractivity contribution in [2.24, 2.45) is 5.73 Å². The van der Waals surface area contributed by atoms with E-state index >= 15 is 0 Å². The van der Waals surface area contributed by atoms with Gasteiger partial charge in [-0.3, -0.25) is 4.79 Å². The van der Waals surface area contributed by atoms with Crippen LogP contribution in [-0.4, -0.2) is 34.8 Å². The van der Waals surface area contributed by atoms with Gasteiger partial charge in [0.15, 0.2) is 15.4 Å². The van der Waals surface area contributed by atoms with Crippen molar-refractivity contribution < 1.29 is 27.4 Å². The summed E-state index contributed by atoms with van der Waals surface area (Å²) in [6.45, 7) is 2.83. The number of hydrogen-bond acceptors (Lipinski definition) is 8. The highest BCUT2D eigenvalue weighted by Crippen LogP contribution is 2.46. The number of rotatable bonds is 1. The van der Waals surface area contributed by atoms with Crippen molar-refractivity contribution in [3.63, 3.8) is 0 Å². The van der Waals surface area contributed by atoms with Crippen LogP contribution in [0.25, 0.3) is 22.3 Å². The number of carbonyl (C=O) groups excluding carboxylic acids is 1. The molecule has 11 heteroatoms. The topological polar surface area (TPSA) is 142 Å². The van der Waals surface area contributed by atoms with E-state index in [0.717, 1.165) is 0 Å². The van der Waals surface area contributed by atoms with E-state index in [0.29, 0.717) is 22.5 Å². The number of fused-ring (bicyclic) bond motifs is 5. The molecule has 34 heavy (non-hydrogen) atoms. The number of pyridine rings is 2. The molecule has 0 radical (unpaired) electrons. The Hall–Kier alpha value is -3.15. The van der Waals surface area contributed by atoms with E-state index < -0.39 is 44.6 Å². The van der Waals surface area contributed by atoms with Crippen LogP contribution in [0.1, 0.15) is 47.2 Å². The van der Waals surface area contributed by atoms with Gasteiger partial charge in [-0.25, -0.2) is 22.6 Å². The largest absolute Gasteiger partial charge is 0.458 e. The Balaban J connectivity index is 1.73. The summed E-state index contributed by atoms with van der Waals surface area (Å²) < 4.78 is 47.1. The molecule has 0 amide bonds. The predicted molar refractivity (Wildman–Crippen MR) is 118 cm³/mol. The molecule has 0 unspecified atom stereocenters. The Labute approximate surface area is 192 Å². The molecular formula is C23H20FN3O6S. The van der Waals surface area contributed by atoms with Crippen LogP contribution in [-0.2, 0) is 38.1 Å². The number of nitrogens with two attached hydrogens (primary N) is 1. The summed E-state index contributed by atoms with van der Waals surface area (Å²) in [5, 5.41) is 11.3. The van der Waals surface area contributed by atoms with Crippen molar-refractivity contribution in [1.29, 1.82) is 0 Å².